The number of aliphatic hydroxyl groups excluding tert-OH is 1. The van der Waals surface area contributed by atoms with Crippen LogP contribution in [-0.4, -0.2) is 40.6 Å². The zero-order valence-electron chi connectivity index (χ0n) is 13.1. The smallest absolute Gasteiger partial charge is 0.222 e. The molecule has 1 fully saturated rings. The maximum atomic E-state index is 12.1. The summed E-state index contributed by atoms with van der Waals surface area (Å²) in [5, 5.41) is 9.13. The third-order valence-electron chi connectivity index (χ3n) is 4.29. The minimum absolute atomic E-state index is 0.163. The Morgan fingerprint density at radius 3 is 2.91 bits per heavy atom. The first-order chi connectivity index (χ1) is 11.3. The molecule has 0 saturated carbocycles. The van der Waals surface area contributed by atoms with Crippen molar-refractivity contribution in [2.75, 3.05) is 19.7 Å². The molecule has 122 valence electrons. The number of aromatic nitrogens is 1. The highest BCUT2D eigenvalue weighted by molar-refractivity contribution is 5.76. The van der Waals surface area contributed by atoms with Gasteiger partial charge in [-0.25, -0.2) is 4.98 Å². The lowest BCUT2D eigenvalue weighted by Gasteiger charge is -2.15. The molecule has 3 rings (SSSR count). The lowest BCUT2D eigenvalue weighted by Crippen LogP contribution is -2.28. The van der Waals surface area contributed by atoms with Crippen LogP contribution in [0.3, 0.4) is 0 Å². The van der Waals surface area contributed by atoms with Crippen LogP contribution in [0.5, 0.6) is 0 Å². The maximum absolute atomic E-state index is 12.1. The zero-order valence-corrected chi connectivity index (χ0v) is 13.1. The highest BCUT2D eigenvalue weighted by atomic mass is 16.4. The van der Waals surface area contributed by atoms with E-state index in [1.807, 2.05) is 35.2 Å². The van der Waals surface area contributed by atoms with Crippen LogP contribution in [0.25, 0.3) is 11.3 Å². The standard InChI is InChI=1S/C18H22N2O3/c21-13-14-9-10-20(12-14)18(22)8-4-7-17-19-11-16(23-17)15-5-2-1-3-6-15/h1-3,5-6,11,14,21H,4,7-10,12-13H2. The Kier molecular flexibility index (Phi) is 5.08. The van der Waals surface area contributed by atoms with Crippen molar-refractivity contribution in [1.82, 2.24) is 9.88 Å². The molecule has 5 nitrogen and oxygen atoms in total. The van der Waals surface area contributed by atoms with Gasteiger partial charge in [-0.1, -0.05) is 30.3 Å². The molecule has 5 heteroatoms. The average molecular weight is 314 g/mol. The van der Waals surface area contributed by atoms with Gasteiger partial charge in [0, 0.05) is 44.0 Å². The van der Waals surface area contributed by atoms with Crippen molar-refractivity contribution in [3.8, 4) is 11.3 Å². The minimum atomic E-state index is 0.163. The van der Waals surface area contributed by atoms with Crippen LogP contribution in [0.1, 0.15) is 25.2 Å². The van der Waals surface area contributed by atoms with Crippen molar-refractivity contribution in [3.63, 3.8) is 0 Å². The summed E-state index contributed by atoms with van der Waals surface area (Å²) in [6.07, 6.45) is 4.53. The third-order valence-corrected chi connectivity index (χ3v) is 4.29. The fourth-order valence-electron chi connectivity index (χ4n) is 2.92. The molecule has 1 atom stereocenters. The first-order valence-corrected chi connectivity index (χ1v) is 8.15. The molecule has 1 amide bonds. The Morgan fingerprint density at radius 2 is 2.17 bits per heavy atom. The summed E-state index contributed by atoms with van der Waals surface area (Å²) in [6.45, 7) is 1.62. The Balaban J connectivity index is 1.46. The van der Waals surface area contributed by atoms with Crippen LogP contribution in [0.15, 0.2) is 40.9 Å². The molecule has 1 unspecified atom stereocenters. The van der Waals surface area contributed by atoms with Crippen molar-refractivity contribution < 1.29 is 14.3 Å². The molecule has 0 aliphatic carbocycles. The summed E-state index contributed by atoms with van der Waals surface area (Å²) in [6, 6.07) is 9.86. The van der Waals surface area contributed by atoms with E-state index in [0.717, 1.165) is 30.7 Å². The summed E-state index contributed by atoms with van der Waals surface area (Å²) in [7, 11) is 0. The fourth-order valence-corrected chi connectivity index (χ4v) is 2.92. The molecule has 1 aliphatic rings. The molecule has 23 heavy (non-hydrogen) atoms. The normalized spacial score (nSPS) is 17.6. The van der Waals surface area contributed by atoms with Gasteiger partial charge in [0.15, 0.2) is 11.7 Å². The van der Waals surface area contributed by atoms with Crippen LogP contribution in [0.2, 0.25) is 0 Å². The molecule has 1 aromatic heterocycles. The van der Waals surface area contributed by atoms with E-state index < -0.39 is 0 Å². The third kappa shape index (κ3) is 3.99. The topological polar surface area (TPSA) is 66.6 Å². The number of nitrogens with zero attached hydrogens (tertiary/aromatic N) is 2. The Bertz CT molecular complexity index is 639. The van der Waals surface area contributed by atoms with Gasteiger partial charge in [-0.2, -0.15) is 0 Å². The van der Waals surface area contributed by atoms with Gasteiger partial charge >= 0.3 is 0 Å². The van der Waals surface area contributed by atoms with Gasteiger partial charge in [-0.15, -0.1) is 0 Å². The number of rotatable bonds is 6. The summed E-state index contributed by atoms with van der Waals surface area (Å²) in [5.41, 5.74) is 1.01. The van der Waals surface area contributed by atoms with E-state index in [1.165, 1.54) is 0 Å². The van der Waals surface area contributed by atoms with Crippen molar-refractivity contribution in [3.05, 3.63) is 42.4 Å². The molecular weight excluding hydrogens is 292 g/mol. The molecule has 0 radical (unpaired) electrons. The predicted molar refractivity (Wildman–Crippen MR) is 86.6 cm³/mol. The highest BCUT2D eigenvalue weighted by Crippen LogP contribution is 2.21. The van der Waals surface area contributed by atoms with Crippen molar-refractivity contribution in [2.45, 2.75) is 25.7 Å². The summed E-state index contributed by atoms with van der Waals surface area (Å²) in [4.78, 5) is 18.3. The molecule has 1 aliphatic heterocycles. The number of amides is 1. The quantitative estimate of drug-likeness (QED) is 0.889. The van der Waals surface area contributed by atoms with Gasteiger partial charge in [-0.05, 0) is 12.8 Å². The van der Waals surface area contributed by atoms with Gasteiger partial charge < -0.3 is 14.4 Å². The number of oxazole rings is 1. The number of hydrogen-bond acceptors (Lipinski definition) is 4. The number of carbonyl (C=O) groups excluding carboxylic acids is 1. The monoisotopic (exact) mass is 314 g/mol. The first-order valence-electron chi connectivity index (χ1n) is 8.15. The number of likely N-dealkylation sites (tertiary alicyclic amines) is 1. The van der Waals surface area contributed by atoms with Crippen LogP contribution >= 0.6 is 0 Å². The Morgan fingerprint density at radius 1 is 1.35 bits per heavy atom. The number of carbonyl (C=O) groups is 1. The number of hydrogen-bond donors (Lipinski definition) is 1. The van der Waals surface area contributed by atoms with Crippen LogP contribution in [0.4, 0.5) is 0 Å². The second-order valence-corrected chi connectivity index (χ2v) is 6.01. The largest absolute Gasteiger partial charge is 0.441 e. The molecule has 1 saturated heterocycles. The predicted octanol–water partition coefficient (Wildman–Crippen LogP) is 2.51. The van der Waals surface area contributed by atoms with Gasteiger partial charge in [-0.3, -0.25) is 4.79 Å². The van der Waals surface area contributed by atoms with E-state index in [-0.39, 0.29) is 18.4 Å². The summed E-state index contributed by atoms with van der Waals surface area (Å²) in [5.74, 6) is 1.85. The molecule has 0 spiro atoms. The number of aryl methyl sites for hydroxylation is 1. The molecule has 1 aromatic carbocycles. The van der Waals surface area contributed by atoms with E-state index >= 15 is 0 Å². The maximum Gasteiger partial charge on any atom is 0.222 e. The molecule has 2 heterocycles. The Labute approximate surface area is 135 Å². The lowest BCUT2D eigenvalue weighted by molar-refractivity contribution is -0.130. The SMILES string of the molecule is O=C(CCCc1ncc(-c2ccccc2)o1)N1CCC(CO)C1. The first kappa shape index (κ1) is 15.7. The summed E-state index contributed by atoms with van der Waals surface area (Å²) < 4.78 is 5.74. The van der Waals surface area contributed by atoms with Gasteiger partial charge in [0.2, 0.25) is 5.91 Å². The van der Waals surface area contributed by atoms with Crippen LogP contribution in [-0.2, 0) is 11.2 Å². The number of aliphatic hydroxyl groups is 1. The van der Waals surface area contributed by atoms with E-state index in [2.05, 4.69) is 4.98 Å². The molecule has 2 aromatic rings. The molecular formula is C18H22N2O3. The van der Waals surface area contributed by atoms with E-state index in [1.54, 1.807) is 6.20 Å². The minimum Gasteiger partial charge on any atom is -0.441 e. The second-order valence-electron chi connectivity index (χ2n) is 6.01. The van der Waals surface area contributed by atoms with Gasteiger partial charge in [0.1, 0.15) is 0 Å². The average Bonchev–Trinajstić information content (AvgIpc) is 3.25. The van der Waals surface area contributed by atoms with Crippen molar-refractivity contribution in [2.24, 2.45) is 5.92 Å². The van der Waals surface area contributed by atoms with E-state index in [9.17, 15) is 4.79 Å². The van der Waals surface area contributed by atoms with Crippen LogP contribution in [0, 0.1) is 5.92 Å². The Hall–Kier alpha value is -2.14. The van der Waals surface area contributed by atoms with E-state index in [4.69, 9.17) is 9.52 Å². The highest BCUT2D eigenvalue weighted by Gasteiger charge is 2.25. The number of benzene rings is 1. The lowest BCUT2D eigenvalue weighted by atomic mass is 10.1. The van der Waals surface area contributed by atoms with Crippen molar-refractivity contribution in [1.29, 1.82) is 0 Å². The second kappa shape index (κ2) is 7.42. The molecule has 0 bridgehead atoms. The summed E-state index contributed by atoms with van der Waals surface area (Å²) >= 11 is 0. The fraction of sp³-hybridized carbons (Fsp3) is 0.444. The molecule has 1 N–H and O–H groups in total. The van der Waals surface area contributed by atoms with Gasteiger partial charge in [0.05, 0.1) is 6.20 Å². The van der Waals surface area contributed by atoms with Crippen LogP contribution < -0.4 is 0 Å². The van der Waals surface area contributed by atoms with Crippen molar-refractivity contribution >= 4 is 5.91 Å². The zero-order chi connectivity index (χ0) is 16.1. The van der Waals surface area contributed by atoms with Gasteiger partial charge in [0.25, 0.3) is 0 Å². The van der Waals surface area contributed by atoms with E-state index in [0.29, 0.717) is 25.3 Å².